The third-order valence-corrected chi connectivity index (χ3v) is 3.47. The number of hydrogen-bond acceptors (Lipinski definition) is 2. The molecular formula is C12H9BrClFN2O2. The summed E-state index contributed by atoms with van der Waals surface area (Å²) in [7, 11) is 0. The van der Waals surface area contributed by atoms with Gasteiger partial charge in [0.2, 0.25) is 0 Å². The molecule has 0 atom stereocenters. The Hall–Kier alpha value is -1.40. The second-order valence-corrected chi connectivity index (χ2v) is 5.11. The Labute approximate surface area is 121 Å². The summed E-state index contributed by atoms with van der Waals surface area (Å²) < 4.78 is 15.1. The van der Waals surface area contributed by atoms with Gasteiger partial charge in [-0.15, -0.1) is 0 Å². The van der Waals surface area contributed by atoms with E-state index in [1.165, 1.54) is 12.1 Å². The number of rotatable bonds is 2. The van der Waals surface area contributed by atoms with Gasteiger partial charge in [-0.1, -0.05) is 34.5 Å². The zero-order valence-corrected chi connectivity index (χ0v) is 12.2. The number of nitrogens with one attached hydrogen (secondary N) is 1. The third-order valence-electron chi connectivity index (χ3n) is 2.65. The molecule has 0 amide bonds. The molecule has 1 aromatic heterocycles. The van der Waals surface area contributed by atoms with Crippen molar-refractivity contribution in [1.29, 1.82) is 0 Å². The Morgan fingerprint density at radius 3 is 2.68 bits per heavy atom. The molecular weight excluding hydrogens is 338 g/mol. The highest BCUT2D eigenvalue weighted by Crippen LogP contribution is 2.17. The maximum Gasteiger partial charge on any atom is 0.334 e. The molecule has 0 aliphatic carbocycles. The van der Waals surface area contributed by atoms with E-state index >= 15 is 0 Å². The van der Waals surface area contributed by atoms with Gasteiger partial charge in [-0.05, 0) is 24.6 Å². The molecule has 0 aliphatic rings. The van der Waals surface area contributed by atoms with Gasteiger partial charge < -0.3 is 0 Å². The van der Waals surface area contributed by atoms with Gasteiger partial charge in [0.15, 0.2) is 0 Å². The van der Waals surface area contributed by atoms with E-state index in [9.17, 15) is 14.0 Å². The van der Waals surface area contributed by atoms with Crippen molar-refractivity contribution in [3.63, 3.8) is 0 Å². The van der Waals surface area contributed by atoms with Crippen LogP contribution in [0.1, 0.15) is 12.5 Å². The Bertz CT molecular complexity index is 754. The summed E-state index contributed by atoms with van der Waals surface area (Å²) in [6.07, 6.45) is 0.340. The van der Waals surface area contributed by atoms with E-state index in [1.807, 2.05) is 0 Å². The Morgan fingerprint density at radius 1 is 1.42 bits per heavy atom. The third kappa shape index (κ3) is 2.50. The highest BCUT2D eigenvalue weighted by molar-refractivity contribution is 9.10. The van der Waals surface area contributed by atoms with Crippen molar-refractivity contribution in [3.05, 3.63) is 60.0 Å². The molecule has 7 heteroatoms. The molecule has 1 heterocycles. The van der Waals surface area contributed by atoms with Crippen molar-refractivity contribution in [1.82, 2.24) is 9.55 Å². The molecule has 19 heavy (non-hydrogen) atoms. The number of hydrogen-bond donors (Lipinski definition) is 1. The summed E-state index contributed by atoms with van der Waals surface area (Å²) in [6.45, 7) is 1.73. The molecule has 0 bridgehead atoms. The van der Waals surface area contributed by atoms with E-state index in [1.54, 1.807) is 13.0 Å². The predicted molar refractivity (Wildman–Crippen MR) is 74.7 cm³/mol. The molecule has 4 nitrogen and oxygen atoms in total. The number of H-pyrrole nitrogens is 1. The van der Waals surface area contributed by atoms with Crippen LogP contribution in [0, 0.1) is 5.82 Å². The Balaban J connectivity index is 2.83. The fourth-order valence-electron chi connectivity index (χ4n) is 1.73. The van der Waals surface area contributed by atoms with Crippen LogP contribution in [-0.2, 0) is 6.42 Å². The van der Waals surface area contributed by atoms with E-state index in [2.05, 4.69) is 20.9 Å². The van der Waals surface area contributed by atoms with Crippen LogP contribution in [0.15, 0.2) is 32.3 Å². The smallest absolute Gasteiger partial charge is 0.297 e. The van der Waals surface area contributed by atoms with Gasteiger partial charge >= 0.3 is 5.69 Å². The van der Waals surface area contributed by atoms with E-state index in [-0.39, 0.29) is 16.4 Å². The van der Waals surface area contributed by atoms with Gasteiger partial charge in [-0.3, -0.25) is 9.78 Å². The van der Waals surface area contributed by atoms with Crippen LogP contribution in [0.2, 0.25) is 5.15 Å². The molecule has 0 saturated carbocycles. The number of nitrogens with zero attached hydrogens (tertiary/aromatic N) is 1. The first-order chi connectivity index (χ1) is 8.95. The van der Waals surface area contributed by atoms with Crippen molar-refractivity contribution in [2.24, 2.45) is 0 Å². The van der Waals surface area contributed by atoms with Crippen molar-refractivity contribution in [2.75, 3.05) is 0 Å². The number of benzene rings is 1. The van der Waals surface area contributed by atoms with Crippen LogP contribution in [0.3, 0.4) is 0 Å². The maximum absolute atomic E-state index is 13.9. The van der Waals surface area contributed by atoms with Gasteiger partial charge in [-0.2, -0.15) is 0 Å². The minimum Gasteiger partial charge on any atom is -0.297 e. The minimum atomic E-state index is -0.770. The van der Waals surface area contributed by atoms with Crippen LogP contribution in [0.25, 0.3) is 5.69 Å². The average molecular weight is 348 g/mol. The van der Waals surface area contributed by atoms with Gasteiger partial charge in [0, 0.05) is 4.47 Å². The summed E-state index contributed by atoms with van der Waals surface area (Å²) in [5.41, 5.74) is -1.25. The summed E-state index contributed by atoms with van der Waals surface area (Å²) >= 11 is 8.90. The van der Waals surface area contributed by atoms with Crippen LogP contribution in [-0.4, -0.2) is 9.55 Å². The molecule has 0 saturated heterocycles. The van der Waals surface area contributed by atoms with E-state index < -0.39 is 17.1 Å². The predicted octanol–water partition coefficient (Wildman–Crippen LogP) is 2.64. The molecule has 0 fully saturated rings. The second kappa shape index (κ2) is 5.30. The minimum absolute atomic E-state index is 0.00808. The molecule has 2 rings (SSSR count). The molecule has 0 spiro atoms. The zero-order chi connectivity index (χ0) is 14.2. The SMILES string of the molecule is CCc1c(Cl)[nH]c(=O)n(-c2ccc(Br)cc2F)c1=O. The number of halogens is 3. The number of aromatic nitrogens is 2. The first kappa shape index (κ1) is 14.0. The lowest BCUT2D eigenvalue weighted by Crippen LogP contribution is -2.36. The standard InChI is InChI=1S/C12H9BrClFN2O2/c1-2-7-10(14)16-12(19)17(11(7)18)9-4-3-6(13)5-8(9)15/h3-5H,2H2,1H3,(H,16,19). The van der Waals surface area contributed by atoms with Crippen molar-refractivity contribution >= 4 is 27.5 Å². The van der Waals surface area contributed by atoms with E-state index in [0.29, 0.717) is 10.9 Å². The molecule has 0 aliphatic heterocycles. The summed E-state index contributed by atoms with van der Waals surface area (Å²) in [5.74, 6) is -0.675. The van der Waals surface area contributed by atoms with Gasteiger partial charge in [0.1, 0.15) is 11.0 Å². The van der Waals surface area contributed by atoms with Gasteiger partial charge in [-0.25, -0.2) is 13.8 Å². The topological polar surface area (TPSA) is 54.9 Å². The molecule has 1 aromatic carbocycles. The van der Waals surface area contributed by atoms with Crippen LogP contribution in [0.5, 0.6) is 0 Å². The van der Waals surface area contributed by atoms with Gasteiger partial charge in [0.05, 0.1) is 11.3 Å². The van der Waals surface area contributed by atoms with Crippen LogP contribution < -0.4 is 11.2 Å². The highest BCUT2D eigenvalue weighted by atomic mass is 79.9. The first-order valence-electron chi connectivity index (χ1n) is 5.44. The second-order valence-electron chi connectivity index (χ2n) is 3.81. The molecule has 0 unspecified atom stereocenters. The normalized spacial score (nSPS) is 10.7. The Morgan fingerprint density at radius 2 is 2.11 bits per heavy atom. The van der Waals surface area contributed by atoms with Crippen LogP contribution in [0.4, 0.5) is 4.39 Å². The van der Waals surface area contributed by atoms with Crippen molar-refractivity contribution < 1.29 is 4.39 Å². The molecule has 2 aromatic rings. The van der Waals surface area contributed by atoms with Gasteiger partial charge in [0.25, 0.3) is 5.56 Å². The lowest BCUT2D eigenvalue weighted by Gasteiger charge is -2.09. The zero-order valence-electron chi connectivity index (χ0n) is 9.84. The van der Waals surface area contributed by atoms with Crippen molar-refractivity contribution in [2.45, 2.75) is 13.3 Å². The maximum atomic E-state index is 13.9. The quantitative estimate of drug-likeness (QED) is 0.849. The number of aromatic amines is 1. The monoisotopic (exact) mass is 346 g/mol. The van der Waals surface area contributed by atoms with E-state index in [0.717, 1.165) is 4.57 Å². The fraction of sp³-hybridized carbons (Fsp3) is 0.167. The van der Waals surface area contributed by atoms with E-state index in [4.69, 9.17) is 11.6 Å². The largest absolute Gasteiger partial charge is 0.334 e. The highest BCUT2D eigenvalue weighted by Gasteiger charge is 2.15. The van der Waals surface area contributed by atoms with Crippen LogP contribution >= 0.6 is 27.5 Å². The lowest BCUT2D eigenvalue weighted by atomic mass is 10.2. The lowest BCUT2D eigenvalue weighted by molar-refractivity contribution is 0.610. The van der Waals surface area contributed by atoms with Crippen molar-refractivity contribution in [3.8, 4) is 5.69 Å². The fourth-order valence-corrected chi connectivity index (χ4v) is 2.36. The molecule has 0 radical (unpaired) electrons. The summed E-state index contributed by atoms with van der Waals surface area (Å²) in [4.78, 5) is 26.3. The summed E-state index contributed by atoms with van der Waals surface area (Å²) in [5, 5.41) is -0.00808. The first-order valence-corrected chi connectivity index (χ1v) is 6.62. The molecule has 100 valence electrons. The summed E-state index contributed by atoms with van der Waals surface area (Å²) in [6, 6.07) is 4.08. The average Bonchev–Trinajstić information content (AvgIpc) is 2.31. The molecule has 1 N–H and O–H groups in total. The Kier molecular flexibility index (Phi) is 3.91.